The van der Waals surface area contributed by atoms with Crippen LogP contribution in [0.2, 0.25) is 0 Å². The van der Waals surface area contributed by atoms with E-state index in [9.17, 15) is 0 Å². The fraction of sp³-hybridized carbons (Fsp3) is 0.400. The van der Waals surface area contributed by atoms with Crippen LogP contribution in [0.4, 0.5) is 0 Å². The molecule has 0 bridgehead atoms. The van der Waals surface area contributed by atoms with E-state index < -0.39 is 7.26 Å². The Morgan fingerprint density at radius 3 is 2.15 bits per heavy atom. The molecule has 13 heavy (non-hydrogen) atoms. The Morgan fingerprint density at radius 1 is 1.15 bits per heavy atom. The summed E-state index contributed by atoms with van der Waals surface area (Å²) in [5.41, 5.74) is 0. The average molecular weight is 219 g/mol. The number of rotatable bonds is 3. The number of hydrogen-bond donors (Lipinski definition) is 1. The highest BCUT2D eigenvalue weighted by atomic mass is 35.5. The van der Waals surface area contributed by atoms with Gasteiger partial charge in [-0.2, -0.15) is 0 Å². The van der Waals surface area contributed by atoms with Crippen LogP contribution in [0.1, 0.15) is 0 Å². The average Bonchev–Trinajstić information content (AvgIpc) is 2.06. The SMILES string of the molecule is C[P+](C)(CCO)c1ccccc1.[Cl-]. The zero-order valence-electron chi connectivity index (χ0n) is 8.07. The molecule has 0 heterocycles. The molecule has 0 aliphatic heterocycles. The molecule has 0 aromatic heterocycles. The van der Waals surface area contributed by atoms with Gasteiger partial charge in [-0.05, 0) is 12.1 Å². The zero-order chi connectivity index (χ0) is 9.03. The summed E-state index contributed by atoms with van der Waals surface area (Å²) in [6.45, 7) is 4.83. The molecule has 3 heteroatoms. The van der Waals surface area contributed by atoms with Crippen molar-refractivity contribution in [2.24, 2.45) is 0 Å². The van der Waals surface area contributed by atoms with E-state index in [-0.39, 0.29) is 12.4 Å². The lowest BCUT2D eigenvalue weighted by Crippen LogP contribution is -3.00. The summed E-state index contributed by atoms with van der Waals surface area (Å²) in [7, 11) is -1.04. The van der Waals surface area contributed by atoms with Crippen molar-refractivity contribution in [3.05, 3.63) is 30.3 Å². The normalized spacial score (nSPS) is 10.7. The summed E-state index contributed by atoms with van der Waals surface area (Å²) in [5, 5.41) is 10.3. The van der Waals surface area contributed by atoms with Crippen LogP contribution in [0.5, 0.6) is 0 Å². The Bertz CT molecular complexity index is 236. The van der Waals surface area contributed by atoms with E-state index in [1.54, 1.807) is 0 Å². The van der Waals surface area contributed by atoms with Gasteiger partial charge in [-0.1, -0.05) is 18.2 Å². The second kappa shape index (κ2) is 5.59. The third kappa shape index (κ3) is 3.64. The van der Waals surface area contributed by atoms with Crippen LogP contribution in [0.25, 0.3) is 0 Å². The Balaban J connectivity index is 0.00000144. The fourth-order valence-electron chi connectivity index (χ4n) is 1.21. The van der Waals surface area contributed by atoms with Crippen LogP contribution < -0.4 is 17.7 Å². The van der Waals surface area contributed by atoms with E-state index in [1.165, 1.54) is 5.30 Å². The van der Waals surface area contributed by atoms with Gasteiger partial charge in [-0.15, -0.1) is 0 Å². The van der Waals surface area contributed by atoms with Crippen molar-refractivity contribution < 1.29 is 17.5 Å². The van der Waals surface area contributed by atoms with Crippen molar-refractivity contribution in [3.8, 4) is 0 Å². The number of hydrogen-bond acceptors (Lipinski definition) is 1. The van der Waals surface area contributed by atoms with E-state index in [2.05, 4.69) is 37.6 Å². The van der Waals surface area contributed by atoms with Gasteiger partial charge < -0.3 is 17.5 Å². The first-order chi connectivity index (χ1) is 5.67. The maximum Gasteiger partial charge on any atom is 0.0934 e. The van der Waals surface area contributed by atoms with Gasteiger partial charge in [-0.3, -0.25) is 0 Å². The molecule has 0 fully saturated rings. The summed E-state index contributed by atoms with van der Waals surface area (Å²) in [6.07, 6.45) is 0.928. The largest absolute Gasteiger partial charge is 1.00 e. The Labute approximate surface area is 86.9 Å². The smallest absolute Gasteiger partial charge is 0.0934 e. The third-order valence-electron chi connectivity index (χ3n) is 2.11. The van der Waals surface area contributed by atoms with Gasteiger partial charge in [0, 0.05) is 7.26 Å². The van der Waals surface area contributed by atoms with Gasteiger partial charge in [0.15, 0.2) is 0 Å². The lowest BCUT2D eigenvalue weighted by Gasteiger charge is -2.16. The molecular formula is C10H16ClOP. The van der Waals surface area contributed by atoms with Gasteiger partial charge in [0.2, 0.25) is 0 Å². The molecular weight excluding hydrogens is 203 g/mol. The Hall–Kier alpha value is -0.100. The molecule has 0 unspecified atom stereocenters. The summed E-state index contributed by atoms with van der Waals surface area (Å²) in [4.78, 5) is 0. The van der Waals surface area contributed by atoms with E-state index in [0.29, 0.717) is 6.61 Å². The van der Waals surface area contributed by atoms with E-state index in [4.69, 9.17) is 5.11 Å². The van der Waals surface area contributed by atoms with Crippen molar-refractivity contribution in [2.45, 2.75) is 0 Å². The van der Waals surface area contributed by atoms with Crippen molar-refractivity contribution in [2.75, 3.05) is 26.1 Å². The standard InChI is InChI=1S/C10H16OP.ClH/c1-12(2,9-8-11)10-6-4-3-5-7-10;/h3-7,11H,8-9H2,1-2H3;1H/q+1;/p-1. The number of halogens is 1. The first kappa shape index (κ1) is 12.9. The minimum atomic E-state index is -1.04. The van der Waals surface area contributed by atoms with Crippen molar-refractivity contribution in [3.63, 3.8) is 0 Å². The molecule has 0 amide bonds. The molecule has 0 radical (unpaired) electrons. The van der Waals surface area contributed by atoms with Crippen LogP contribution >= 0.6 is 7.26 Å². The van der Waals surface area contributed by atoms with E-state index >= 15 is 0 Å². The predicted molar refractivity (Wildman–Crippen MR) is 56.8 cm³/mol. The van der Waals surface area contributed by atoms with Crippen molar-refractivity contribution >= 4 is 12.6 Å². The first-order valence-corrected chi connectivity index (χ1v) is 7.03. The van der Waals surface area contributed by atoms with Gasteiger partial charge in [0.1, 0.15) is 0 Å². The fourth-order valence-corrected chi connectivity index (χ4v) is 2.95. The predicted octanol–water partition coefficient (Wildman–Crippen LogP) is -1.41. The maximum atomic E-state index is 8.89. The molecule has 0 atom stereocenters. The highest BCUT2D eigenvalue weighted by Gasteiger charge is 2.26. The summed E-state index contributed by atoms with van der Waals surface area (Å²) < 4.78 is 0. The molecule has 0 aliphatic carbocycles. The highest BCUT2D eigenvalue weighted by Crippen LogP contribution is 2.48. The lowest BCUT2D eigenvalue weighted by atomic mass is 10.4. The zero-order valence-corrected chi connectivity index (χ0v) is 9.72. The minimum Gasteiger partial charge on any atom is -1.00 e. The van der Waals surface area contributed by atoms with Gasteiger partial charge in [-0.25, -0.2) is 0 Å². The number of aliphatic hydroxyl groups excluding tert-OH is 1. The minimum absolute atomic E-state index is 0. The molecule has 0 spiro atoms. The quantitative estimate of drug-likeness (QED) is 0.618. The van der Waals surface area contributed by atoms with Crippen molar-refractivity contribution in [1.29, 1.82) is 0 Å². The third-order valence-corrected chi connectivity index (χ3v) is 5.13. The second-order valence-corrected chi connectivity index (χ2v) is 7.80. The first-order valence-electron chi connectivity index (χ1n) is 4.16. The maximum absolute atomic E-state index is 8.89. The number of aliphatic hydroxyl groups is 1. The van der Waals surface area contributed by atoms with Gasteiger partial charge >= 0.3 is 0 Å². The molecule has 74 valence electrons. The summed E-state index contributed by atoms with van der Waals surface area (Å²) in [5.74, 6) is 0. The molecule has 1 rings (SSSR count). The molecule has 0 saturated heterocycles. The molecule has 1 N–H and O–H groups in total. The van der Waals surface area contributed by atoms with Crippen LogP contribution in [0.15, 0.2) is 30.3 Å². The second-order valence-electron chi connectivity index (χ2n) is 3.47. The Morgan fingerprint density at radius 2 is 1.69 bits per heavy atom. The Kier molecular flexibility index (Phi) is 5.55. The van der Waals surface area contributed by atoms with E-state index in [1.807, 2.05) is 6.07 Å². The topological polar surface area (TPSA) is 20.2 Å². The lowest BCUT2D eigenvalue weighted by molar-refractivity contribution is -0.00000379. The molecule has 0 aliphatic rings. The molecule has 1 aromatic rings. The summed E-state index contributed by atoms with van der Waals surface area (Å²) >= 11 is 0. The van der Waals surface area contributed by atoms with Gasteiger partial charge in [0.05, 0.1) is 31.4 Å². The van der Waals surface area contributed by atoms with Crippen molar-refractivity contribution in [1.82, 2.24) is 0 Å². The number of benzene rings is 1. The van der Waals surface area contributed by atoms with Crippen LogP contribution in [-0.4, -0.2) is 31.2 Å². The molecule has 1 aromatic carbocycles. The highest BCUT2D eigenvalue weighted by molar-refractivity contribution is 7.81. The monoisotopic (exact) mass is 218 g/mol. The van der Waals surface area contributed by atoms with E-state index in [0.717, 1.165) is 6.16 Å². The molecule has 1 nitrogen and oxygen atoms in total. The van der Waals surface area contributed by atoms with Gasteiger partial charge in [0.25, 0.3) is 0 Å². The van der Waals surface area contributed by atoms with Crippen LogP contribution in [0.3, 0.4) is 0 Å². The summed E-state index contributed by atoms with van der Waals surface area (Å²) in [6, 6.07) is 10.5. The molecule has 0 saturated carbocycles. The van der Waals surface area contributed by atoms with Crippen LogP contribution in [0, 0.1) is 0 Å². The van der Waals surface area contributed by atoms with Crippen LogP contribution in [-0.2, 0) is 0 Å².